The summed E-state index contributed by atoms with van der Waals surface area (Å²) in [7, 11) is 0. The Morgan fingerprint density at radius 3 is 2.42 bits per heavy atom. The fourth-order valence-electron chi connectivity index (χ4n) is 1.02. The maximum Gasteiger partial charge on any atom is -0.0169 e. The molecular weight excluding hydrogens is 144 g/mol. The van der Waals surface area contributed by atoms with Crippen molar-refractivity contribution in [1.29, 1.82) is 0 Å². The van der Waals surface area contributed by atoms with Crippen molar-refractivity contribution in [3.05, 3.63) is 31.2 Å². The van der Waals surface area contributed by atoms with Gasteiger partial charge in [0.25, 0.3) is 0 Å². The zero-order valence-electron chi connectivity index (χ0n) is 8.26. The normalized spacial score (nSPS) is 11.8. The average molecular weight is 165 g/mol. The molecule has 0 aromatic carbocycles. The smallest absolute Gasteiger partial charge is 0.0169 e. The van der Waals surface area contributed by atoms with Crippen LogP contribution in [0.2, 0.25) is 0 Å². The molecule has 0 spiro atoms. The first-order chi connectivity index (χ1) is 5.91. The number of rotatable bonds is 7. The minimum atomic E-state index is 0.906. The highest BCUT2D eigenvalue weighted by Crippen LogP contribution is 2.00. The van der Waals surface area contributed by atoms with Gasteiger partial charge >= 0.3 is 0 Å². The van der Waals surface area contributed by atoms with E-state index in [4.69, 9.17) is 0 Å². The lowest BCUT2D eigenvalue weighted by molar-refractivity contribution is 0.728. The van der Waals surface area contributed by atoms with Gasteiger partial charge in [0, 0.05) is 0 Å². The minimum absolute atomic E-state index is 0.906. The summed E-state index contributed by atoms with van der Waals surface area (Å²) in [6.07, 6.45) is 16.0. The van der Waals surface area contributed by atoms with Crippen LogP contribution >= 0.6 is 0 Å². The topological polar surface area (TPSA) is 0 Å². The van der Waals surface area contributed by atoms with Crippen molar-refractivity contribution in [3.63, 3.8) is 0 Å². The molecule has 69 valence electrons. The minimum Gasteiger partial charge on any atom is -0.0882 e. The van der Waals surface area contributed by atoms with E-state index in [-0.39, 0.29) is 0 Å². The Morgan fingerprint density at radius 1 is 1.00 bits per heavy atom. The van der Waals surface area contributed by atoms with Crippen LogP contribution in [0.1, 0.15) is 45.4 Å². The van der Waals surface area contributed by atoms with Gasteiger partial charge in [-0.25, -0.2) is 0 Å². The van der Waals surface area contributed by atoms with E-state index in [1.807, 2.05) is 0 Å². The molecule has 0 aromatic heterocycles. The first kappa shape index (κ1) is 11.5. The quantitative estimate of drug-likeness (QED) is 0.390. The number of allylic oxidation sites excluding steroid dienone is 4. The molecule has 0 aliphatic heterocycles. The first-order valence-electron chi connectivity index (χ1n) is 5.01. The lowest BCUT2D eigenvalue weighted by Crippen LogP contribution is -1.70. The number of unbranched alkanes of at least 4 members (excludes halogenated alkanes) is 3. The fourth-order valence-corrected chi connectivity index (χ4v) is 1.02. The maximum absolute atomic E-state index is 3.73. The highest BCUT2D eigenvalue weighted by molar-refractivity contribution is 4.92. The molecule has 0 aromatic rings. The maximum atomic E-state index is 3.73. The lowest BCUT2D eigenvalue weighted by Gasteiger charge is -1.90. The third kappa shape index (κ3) is 9.48. The second kappa shape index (κ2) is 10.5. The van der Waals surface area contributed by atoms with Crippen LogP contribution in [0.5, 0.6) is 0 Å². The van der Waals surface area contributed by atoms with Gasteiger partial charge in [-0.3, -0.25) is 0 Å². The summed E-state index contributed by atoms with van der Waals surface area (Å²) in [5.74, 6) is 0. The Kier molecular flexibility index (Phi) is 10.0. The molecule has 0 amide bonds. The van der Waals surface area contributed by atoms with Gasteiger partial charge < -0.3 is 0 Å². The number of hydrogen-bond acceptors (Lipinski definition) is 0. The van der Waals surface area contributed by atoms with E-state index in [0.717, 1.165) is 12.8 Å². The van der Waals surface area contributed by atoms with Crippen molar-refractivity contribution < 1.29 is 0 Å². The lowest BCUT2D eigenvalue weighted by atomic mass is 10.2. The van der Waals surface area contributed by atoms with E-state index in [2.05, 4.69) is 38.2 Å². The molecule has 0 heteroatoms. The van der Waals surface area contributed by atoms with E-state index in [1.54, 1.807) is 0 Å². The van der Waals surface area contributed by atoms with Crippen molar-refractivity contribution in [2.24, 2.45) is 0 Å². The third-order valence-corrected chi connectivity index (χ3v) is 1.75. The Labute approximate surface area is 77.4 Å². The summed E-state index contributed by atoms with van der Waals surface area (Å²) in [5, 5.41) is 0. The van der Waals surface area contributed by atoms with Crippen molar-refractivity contribution in [1.82, 2.24) is 0 Å². The Hall–Kier alpha value is -0.520. The summed E-state index contributed by atoms with van der Waals surface area (Å²) >= 11 is 0. The first-order valence-corrected chi connectivity index (χ1v) is 5.01. The molecule has 0 fully saturated rings. The summed E-state index contributed by atoms with van der Waals surface area (Å²) < 4.78 is 0. The van der Waals surface area contributed by atoms with E-state index in [0.29, 0.717) is 0 Å². The molecule has 0 nitrogen and oxygen atoms in total. The van der Waals surface area contributed by atoms with Crippen LogP contribution in [-0.2, 0) is 0 Å². The average Bonchev–Trinajstić information content (AvgIpc) is 2.10. The Balaban J connectivity index is 3.08. The zero-order chi connectivity index (χ0) is 9.07. The summed E-state index contributed by atoms with van der Waals surface area (Å²) in [5.41, 5.74) is 0. The molecule has 0 unspecified atom stereocenters. The van der Waals surface area contributed by atoms with Gasteiger partial charge in [-0.05, 0) is 32.6 Å². The van der Waals surface area contributed by atoms with E-state index < -0.39 is 0 Å². The van der Waals surface area contributed by atoms with Crippen molar-refractivity contribution >= 4 is 0 Å². The molecule has 1 radical (unpaired) electrons. The molecule has 0 saturated carbocycles. The van der Waals surface area contributed by atoms with Gasteiger partial charge in [-0.2, -0.15) is 0 Å². The molecule has 0 aliphatic rings. The van der Waals surface area contributed by atoms with Crippen LogP contribution in [0.3, 0.4) is 0 Å². The predicted molar refractivity (Wildman–Crippen MR) is 57.0 cm³/mol. The molecule has 0 atom stereocenters. The molecule has 0 heterocycles. The fraction of sp³-hybridized carbons (Fsp3) is 0.583. The van der Waals surface area contributed by atoms with Crippen LogP contribution in [-0.4, -0.2) is 0 Å². The van der Waals surface area contributed by atoms with Crippen LogP contribution < -0.4 is 0 Å². The number of hydrogen-bond donors (Lipinski definition) is 0. The molecule has 12 heavy (non-hydrogen) atoms. The van der Waals surface area contributed by atoms with Gasteiger partial charge in [0.05, 0.1) is 0 Å². The van der Waals surface area contributed by atoms with E-state index in [9.17, 15) is 0 Å². The van der Waals surface area contributed by atoms with E-state index >= 15 is 0 Å². The SMILES string of the molecule is [CH2]C/C=C/C/C=C/CCCCC. The molecular formula is C12H21. The summed E-state index contributed by atoms with van der Waals surface area (Å²) in [4.78, 5) is 0. The van der Waals surface area contributed by atoms with Gasteiger partial charge in [0.15, 0.2) is 0 Å². The summed E-state index contributed by atoms with van der Waals surface area (Å²) in [6.45, 7) is 5.97. The van der Waals surface area contributed by atoms with Crippen molar-refractivity contribution in [3.8, 4) is 0 Å². The predicted octanol–water partition coefficient (Wildman–Crippen LogP) is 4.29. The highest BCUT2D eigenvalue weighted by atomic mass is 13.9. The van der Waals surface area contributed by atoms with Crippen LogP contribution in [0.4, 0.5) is 0 Å². The van der Waals surface area contributed by atoms with Crippen LogP contribution in [0.15, 0.2) is 24.3 Å². The monoisotopic (exact) mass is 165 g/mol. The van der Waals surface area contributed by atoms with Gasteiger partial charge in [-0.1, -0.05) is 44.1 Å². The molecule has 0 rings (SSSR count). The second-order valence-electron chi connectivity index (χ2n) is 2.96. The van der Waals surface area contributed by atoms with Crippen molar-refractivity contribution in [2.75, 3.05) is 0 Å². The molecule has 0 bridgehead atoms. The highest BCUT2D eigenvalue weighted by Gasteiger charge is 1.80. The standard InChI is InChI=1S/C12H21/c1-3-5-7-9-11-12-10-8-6-4-2/h5,7,11-12H,1,3-4,6,8-10H2,2H3/b7-5+,12-11+. The Bertz CT molecular complexity index is 120. The third-order valence-electron chi connectivity index (χ3n) is 1.75. The molecule has 0 aliphatic carbocycles. The van der Waals surface area contributed by atoms with Gasteiger partial charge in [0.1, 0.15) is 0 Å². The molecule has 0 saturated heterocycles. The zero-order valence-corrected chi connectivity index (χ0v) is 8.26. The largest absolute Gasteiger partial charge is 0.0882 e. The Morgan fingerprint density at radius 2 is 1.75 bits per heavy atom. The van der Waals surface area contributed by atoms with Gasteiger partial charge in [-0.15, -0.1) is 0 Å². The van der Waals surface area contributed by atoms with Gasteiger partial charge in [0.2, 0.25) is 0 Å². The second-order valence-corrected chi connectivity index (χ2v) is 2.96. The van der Waals surface area contributed by atoms with Crippen molar-refractivity contribution in [2.45, 2.75) is 45.4 Å². The van der Waals surface area contributed by atoms with E-state index in [1.165, 1.54) is 25.7 Å². The van der Waals surface area contributed by atoms with Crippen LogP contribution in [0.25, 0.3) is 0 Å². The summed E-state index contributed by atoms with van der Waals surface area (Å²) in [6, 6.07) is 0. The van der Waals surface area contributed by atoms with Crippen LogP contribution in [0, 0.1) is 6.92 Å². The molecule has 0 N–H and O–H groups in total.